The van der Waals surface area contributed by atoms with Gasteiger partial charge in [0.1, 0.15) is 0 Å². The second-order valence-corrected chi connectivity index (χ2v) is 6.69. The molecule has 0 spiro atoms. The number of nitrogens with zero attached hydrogens (tertiary/aromatic N) is 1. The lowest BCUT2D eigenvalue weighted by atomic mass is 10.1. The van der Waals surface area contributed by atoms with E-state index in [4.69, 9.17) is 0 Å². The molecule has 5 heteroatoms. The van der Waals surface area contributed by atoms with Crippen LogP contribution in [-0.2, 0) is 16.0 Å². The molecule has 1 fully saturated rings. The maximum absolute atomic E-state index is 12.0. The minimum atomic E-state index is -0.107. The standard InChI is InChI=1S/C18H20N2O2S/c1-13(10-14-8-9-23-12-14)19-15-4-2-5-16(11-15)20-17(21)6-3-7-18(20)22/h2,4-5,8-9,11-13,19H,3,6-7,10H2,1H3. The van der Waals surface area contributed by atoms with Crippen molar-refractivity contribution in [2.75, 3.05) is 10.2 Å². The highest BCUT2D eigenvalue weighted by Crippen LogP contribution is 2.25. The van der Waals surface area contributed by atoms with Gasteiger partial charge in [0.15, 0.2) is 0 Å². The van der Waals surface area contributed by atoms with Crippen molar-refractivity contribution in [1.29, 1.82) is 0 Å². The topological polar surface area (TPSA) is 49.4 Å². The van der Waals surface area contributed by atoms with E-state index in [-0.39, 0.29) is 17.9 Å². The molecular formula is C18H20N2O2S. The van der Waals surface area contributed by atoms with Crippen molar-refractivity contribution in [3.63, 3.8) is 0 Å². The molecule has 1 saturated heterocycles. The summed E-state index contributed by atoms with van der Waals surface area (Å²) >= 11 is 1.70. The molecule has 0 saturated carbocycles. The smallest absolute Gasteiger partial charge is 0.233 e. The normalized spacial score (nSPS) is 16.5. The van der Waals surface area contributed by atoms with Crippen molar-refractivity contribution in [1.82, 2.24) is 0 Å². The van der Waals surface area contributed by atoms with E-state index in [0.29, 0.717) is 24.9 Å². The predicted octanol–water partition coefficient (Wildman–Crippen LogP) is 3.83. The summed E-state index contributed by atoms with van der Waals surface area (Å²) < 4.78 is 0. The largest absolute Gasteiger partial charge is 0.382 e. The van der Waals surface area contributed by atoms with Gasteiger partial charge in [0.2, 0.25) is 11.8 Å². The summed E-state index contributed by atoms with van der Waals surface area (Å²) in [6.45, 7) is 2.13. The lowest BCUT2D eigenvalue weighted by Crippen LogP contribution is -2.40. The van der Waals surface area contributed by atoms with Crippen molar-refractivity contribution in [2.24, 2.45) is 0 Å². The van der Waals surface area contributed by atoms with Crippen LogP contribution in [0.1, 0.15) is 31.7 Å². The summed E-state index contributed by atoms with van der Waals surface area (Å²) in [5.41, 5.74) is 2.90. The van der Waals surface area contributed by atoms with Gasteiger partial charge in [0, 0.05) is 24.6 Å². The van der Waals surface area contributed by atoms with E-state index in [0.717, 1.165) is 12.1 Å². The lowest BCUT2D eigenvalue weighted by Gasteiger charge is -2.25. The highest BCUT2D eigenvalue weighted by Gasteiger charge is 2.27. The van der Waals surface area contributed by atoms with Crippen molar-refractivity contribution < 1.29 is 9.59 Å². The fraction of sp³-hybridized carbons (Fsp3) is 0.333. The molecule has 4 nitrogen and oxygen atoms in total. The van der Waals surface area contributed by atoms with Gasteiger partial charge < -0.3 is 5.32 Å². The average Bonchev–Trinajstić information content (AvgIpc) is 3.00. The zero-order valence-electron chi connectivity index (χ0n) is 13.1. The second kappa shape index (κ2) is 6.96. The van der Waals surface area contributed by atoms with Crippen molar-refractivity contribution >= 4 is 34.5 Å². The molecule has 23 heavy (non-hydrogen) atoms. The van der Waals surface area contributed by atoms with Gasteiger partial charge in [0.05, 0.1) is 5.69 Å². The number of hydrogen-bond donors (Lipinski definition) is 1. The molecule has 0 radical (unpaired) electrons. The van der Waals surface area contributed by atoms with Gasteiger partial charge in [-0.15, -0.1) is 0 Å². The number of hydrogen-bond acceptors (Lipinski definition) is 4. The summed E-state index contributed by atoms with van der Waals surface area (Å²) in [5.74, 6) is -0.213. The van der Waals surface area contributed by atoms with Crippen LogP contribution in [0, 0.1) is 0 Å². The molecule has 2 aromatic rings. The molecule has 0 bridgehead atoms. The number of imide groups is 1. The van der Waals surface area contributed by atoms with E-state index in [1.54, 1.807) is 11.3 Å². The van der Waals surface area contributed by atoms with E-state index in [9.17, 15) is 9.59 Å². The molecule has 1 aliphatic heterocycles. The van der Waals surface area contributed by atoms with Crippen LogP contribution in [0.15, 0.2) is 41.1 Å². The number of amides is 2. The number of rotatable bonds is 5. The van der Waals surface area contributed by atoms with Gasteiger partial charge in [-0.05, 0) is 60.4 Å². The number of piperidine rings is 1. The number of nitrogens with one attached hydrogen (secondary N) is 1. The Morgan fingerprint density at radius 2 is 2.00 bits per heavy atom. The SMILES string of the molecule is CC(Cc1ccsc1)Nc1cccc(N2C(=O)CCCC2=O)c1. The van der Waals surface area contributed by atoms with Crippen LogP contribution in [0.2, 0.25) is 0 Å². The molecule has 3 rings (SSSR count). The second-order valence-electron chi connectivity index (χ2n) is 5.91. The van der Waals surface area contributed by atoms with E-state index in [1.165, 1.54) is 10.5 Å². The fourth-order valence-corrected chi connectivity index (χ4v) is 3.56. The van der Waals surface area contributed by atoms with Crippen molar-refractivity contribution in [3.8, 4) is 0 Å². The number of carbonyl (C=O) groups is 2. The molecule has 1 unspecified atom stereocenters. The van der Waals surface area contributed by atoms with Crippen LogP contribution in [0.4, 0.5) is 11.4 Å². The average molecular weight is 328 g/mol. The predicted molar refractivity (Wildman–Crippen MR) is 93.9 cm³/mol. The molecule has 120 valence electrons. The Bertz CT molecular complexity index is 681. The number of benzene rings is 1. The Balaban J connectivity index is 1.72. The first-order chi connectivity index (χ1) is 11.1. The number of thiophene rings is 1. The highest BCUT2D eigenvalue weighted by atomic mass is 32.1. The highest BCUT2D eigenvalue weighted by molar-refractivity contribution is 7.07. The minimum absolute atomic E-state index is 0.107. The van der Waals surface area contributed by atoms with Crippen LogP contribution in [0.5, 0.6) is 0 Å². The van der Waals surface area contributed by atoms with Crippen LogP contribution >= 0.6 is 11.3 Å². The Hall–Kier alpha value is -2.14. The summed E-state index contributed by atoms with van der Waals surface area (Å²) in [5, 5.41) is 7.68. The van der Waals surface area contributed by atoms with Crippen LogP contribution < -0.4 is 10.2 Å². The number of carbonyl (C=O) groups excluding carboxylic acids is 2. The first-order valence-electron chi connectivity index (χ1n) is 7.87. The summed E-state index contributed by atoms with van der Waals surface area (Å²) in [4.78, 5) is 25.4. The Kier molecular flexibility index (Phi) is 4.76. The third-order valence-electron chi connectivity index (χ3n) is 3.92. The maximum Gasteiger partial charge on any atom is 0.233 e. The van der Waals surface area contributed by atoms with Gasteiger partial charge in [-0.1, -0.05) is 6.07 Å². The van der Waals surface area contributed by atoms with Crippen LogP contribution in [0.3, 0.4) is 0 Å². The third-order valence-corrected chi connectivity index (χ3v) is 4.65. The molecule has 1 aliphatic rings. The molecule has 2 amide bonds. The zero-order valence-corrected chi connectivity index (χ0v) is 13.9. The zero-order chi connectivity index (χ0) is 16.2. The van der Waals surface area contributed by atoms with Crippen molar-refractivity contribution in [2.45, 2.75) is 38.6 Å². The third kappa shape index (κ3) is 3.79. The van der Waals surface area contributed by atoms with Gasteiger partial charge in [-0.25, -0.2) is 0 Å². The molecule has 0 aliphatic carbocycles. The fourth-order valence-electron chi connectivity index (χ4n) is 2.87. The molecule has 1 N–H and O–H groups in total. The van der Waals surface area contributed by atoms with E-state index in [1.807, 2.05) is 24.3 Å². The van der Waals surface area contributed by atoms with Gasteiger partial charge in [-0.3, -0.25) is 14.5 Å². The molecular weight excluding hydrogens is 308 g/mol. The number of anilines is 2. The summed E-state index contributed by atoms with van der Waals surface area (Å²) in [6, 6.07) is 9.94. The Morgan fingerprint density at radius 3 is 2.70 bits per heavy atom. The van der Waals surface area contributed by atoms with Crippen molar-refractivity contribution in [3.05, 3.63) is 46.7 Å². The van der Waals surface area contributed by atoms with E-state index >= 15 is 0 Å². The maximum atomic E-state index is 12.0. The quantitative estimate of drug-likeness (QED) is 0.849. The van der Waals surface area contributed by atoms with Gasteiger partial charge in [-0.2, -0.15) is 11.3 Å². The lowest BCUT2D eigenvalue weighted by molar-refractivity contribution is -0.129. The summed E-state index contributed by atoms with van der Waals surface area (Å²) in [6.07, 6.45) is 2.48. The molecule has 1 atom stereocenters. The first-order valence-corrected chi connectivity index (χ1v) is 8.81. The summed E-state index contributed by atoms with van der Waals surface area (Å²) in [7, 11) is 0. The minimum Gasteiger partial charge on any atom is -0.382 e. The van der Waals surface area contributed by atoms with E-state index in [2.05, 4.69) is 29.1 Å². The monoisotopic (exact) mass is 328 g/mol. The molecule has 1 aromatic heterocycles. The molecule has 2 heterocycles. The Morgan fingerprint density at radius 1 is 1.22 bits per heavy atom. The van der Waals surface area contributed by atoms with Gasteiger partial charge >= 0.3 is 0 Å². The van der Waals surface area contributed by atoms with E-state index < -0.39 is 0 Å². The van der Waals surface area contributed by atoms with Gasteiger partial charge in [0.25, 0.3) is 0 Å². The first kappa shape index (κ1) is 15.7. The molecule has 1 aromatic carbocycles. The van der Waals surface area contributed by atoms with Crippen LogP contribution in [0.25, 0.3) is 0 Å². The van der Waals surface area contributed by atoms with Crippen LogP contribution in [-0.4, -0.2) is 17.9 Å². The Labute approximate surface area is 140 Å².